The van der Waals surface area contributed by atoms with E-state index in [-0.39, 0.29) is 12.0 Å². The van der Waals surface area contributed by atoms with E-state index >= 15 is 0 Å². The zero-order valence-electron chi connectivity index (χ0n) is 13.4. The van der Waals surface area contributed by atoms with Gasteiger partial charge in [-0.2, -0.15) is 0 Å². The molecule has 0 amide bonds. The summed E-state index contributed by atoms with van der Waals surface area (Å²) in [6.07, 6.45) is -0.518. The van der Waals surface area contributed by atoms with Crippen LogP contribution in [0.1, 0.15) is 40.5 Å². The number of esters is 3. The highest BCUT2D eigenvalue weighted by atomic mass is 16.6. The van der Waals surface area contributed by atoms with Crippen LogP contribution in [-0.2, 0) is 28.6 Å². The van der Waals surface area contributed by atoms with Crippen LogP contribution in [-0.4, -0.2) is 35.7 Å². The molecule has 0 radical (unpaired) electrons. The third-order valence-electron chi connectivity index (χ3n) is 3.76. The molecule has 6 nitrogen and oxygen atoms in total. The Labute approximate surface area is 129 Å². The minimum atomic E-state index is -0.645. The van der Waals surface area contributed by atoms with Gasteiger partial charge in [-0.05, 0) is 27.7 Å². The summed E-state index contributed by atoms with van der Waals surface area (Å²) in [5, 5.41) is 0. The molecule has 4 unspecified atom stereocenters. The first-order valence-corrected chi connectivity index (χ1v) is 7.38. The Morgan fingerprint density at radius 2 is 1.91 bits per heavy atom. The topological polar surface area (TPSA) is 78.9 Å². The molecule has 1 aliphatic carbocycles. The molecule has 0 spiro atoms. The second-order valence-corrected chi connectivity index (χ2v) is 6.92. The van der Waals surface area contributed by atoms with Crippen LogP contribution in [0.5, 0.6) is 0 Å². The van der Waals surface area contributed by atoms with Gasteiger partial charge in [-0.25, -0.2) is 4.79 Å². The van der Waals surface area contributed by atoms with Crippen molar-refractivity contribution in [1.82, 2.24) is 0 Å². The highest BCUT2D eigenvalue weighted by Crippen LogP contribution is 2.41. The molecule has 22 heavy (non-hydrogen) atoms. The van der Waals surface area contributed by atoms with E-state index in [9.17, 15) is 14.4 Å². The molecule has 4 atom stereocenters. The van der Waals surface area contributed by atoms with Gasteiger partial charge in [0.25, 0.3) is 0 Å². The first-order chi connectivity index (χ1) is 10.1. The van der Waals surface area contributed by atoms with E-state index in [1.165, 1.54) is 0 Å². The summed E-state index contributed by atoms with van der Waals surface area (Å²) >= 11 is 0. The van der Waals surface area contributed by atoms with Crippen molar-refractivity contribution < 1.29 is 28.6 Å². The molecule has 2 aliphatic rings. The van der Waals surface area contributed by atoms with Crippen molar-refractivity contribution in [1.29, 1.82) is 0 Å². The minimum Gasteiger partial charge on any atom is -0.460 e. The van der Waals surface area contributed by atoms with Gasteiger partial charge < -0.3 is 14.2 Å². The van der Waals surface area contributed by atoms with Crippen LogP contribution in [0.4, 0.5) is 0 Å². The normalized spacial score (nSPS) is 30.5. The number of rotatable bonds is 3. The predicted molar refractivity (Wildman–Crippen MR) is 76.6 cm³/mol. The SMILES string of the molecule is C=C(C)C(=O)OC1CC(C(=O)OC(C)(C)C)C2CC1OC2=O. The van der Waals surface area contributed by atoms with E-state index in [0.29, 0.717) is 6.42 Å². The maximum Gasteiger partial charge on any atom is 0.333 e. The summed E-state index contributed by atoms with van der Waals surface area (Å²) in [5.74, 6) is -2.58. The minimum absolute atomic E-state index is 0.231. The van der Waals surface area contributed by atoms with E-state index in [0.717, 1.165) is 0 Å². The molecule has 6 heteroatoms. The zero-order valence-corrected chi connectivity index (χ0v) is 13.4. The van der Waals surface area contributed by atoms with Gasteiger partial charge in [0.05, 0.1) is 11.8 Å². The fraction of sp³-hybridized carbons (Fsp3) is 0.688. The van der Waals surface area contributed by atoms with Crippen LogP contribution >= 0.6 is 0 Å². The fourth-order valence-electron chi connectivity index (χ4n) is 2.75. The molecule has 2 rings (SSSR count). The van der Waals surface area contributed by atoms with Gasteiger partial charge >= 0.3 is 17.9 Å². The van der Waals surface area contributed by atoms with Crippen molar-refractivity contribution >= 4 is 17.9 Å². The second-order valence-electron chi connectivity index (χ2n) is 6.92. The van der Waals surface area contributed by atoms with Crippen molar-refractivity contribution in [2.45, 2.75) is 58.3 Å². The fourth-order valence-corrected chi connectivity index (χ4v) is 2.75. The summed E-state index contributed by atoms with van der Waals surface area (Å²) in [4.78, 5) is 35.9. The second kappa shape index (κ2) is 5.74. The summed E-state index contributed by atoms with van der Waals surface area (Å²) in [7, 11) is 0. The number of hydrogen-bond acceptors (Lipinski definition) is 6. The number of hydrogen-bond donors (Lipinski definition) is 0. The van der Waals surface area contributed by atoms with E-state index in [2.05, 4.69) is 6.58 Å². The van der Waals surface area contributed by atoms with Crippen LogP contribution < -0.4 is 0 Å². The van der Waals surface area contributed by atoms with Crippen molar-refractivity contribution in [2.24, 2.45) is 11.8 Å². The standard InChI is InChI=1S/C16H22O6/c1-8(2)13(17)20-11-7-10(15(19)22-16(3,4)5)9-6-12(11)21-14(9)18/h9-12H,1,6-7H2,2-5H3. The third-order valence-corrected chi connectivity index (χ3v) is 3.76. The molecule has 1 saturated carbocycles. The Hall–Kier alpha value is -1.85. The van der Waals surface area contributed by atoms with E-state index in [1.54, 1.807) is 27.7 Å². The Bertz CT molecular complexity index is 515. The molecule has 0 N–H and O–H groups in total. The van der Waals surface area contributed by atoms with Crippen LogP contribution in [0.15, 0.2) is 12.2 Å². The van der Waals surface area contributed by atoms with Crippen LogP contribution in [0.2, 0.25) is 0 Å². The lowest BCUT2D eigenvalue weighted by molar-refractivity contribution is -0.168. The van der Waals surface area contributed by atoms with E-state index < -0.39 is 47.6 Å². The molecule has 1 aliphatic heterocycles. The third kappa shape index (κ3) is 3.48. The van der Waals surface area contributed by atoms with Crippen molar-refractivity contribution in [3.8, 4) is 0 Å². The smallest absolute Gasteiger partial charge is 0.333 e. The van der Waals surface area contributed by atoms with Gasteiger partial charge in [0, 0.05) is 18.4 Å². The molecule has 1 heterocycles. The Kier molecular flexibility index (Phi) is 4.31. The quantitative estimate of drug-likeness (QED) is 0.449. The molecule has 0 aromatic heterocycles. The van der Waals surface area contributed by atoms with Crippen LogP contribution in [0, 0.1) is 11.8 Å². The molecule has 122 valence electrons. The van der Waals surface area contributed by atoms with E-state index in [1.807, 2.05) is 0 Å². The average molecular weight is 310 g/mol. The van der Waals surface area contributed by atoms with Gasteiger partial charge in [0.1, 0.15) is 17.8 Å². The summed E-state index contributed by atoms with van der Waals surface area (Å²) in [6, 6.07) is 0. The number of carbonyl (C=O) groups is 3. The first kappa shape index (κ1) is 16.5. The largest absolute Gasteiger partial charge is 0.460 e. The highest BCUT2D eigenvalue weighted by Gasteiger charge is 2.53. The van der Waals surface area contributed by atoms with Crippen LogP contribution in [0.25, 0.3) is 0 Å². The molecule has 0 aromatic rings. The lowest BCUT2D eigenvalue weighted by atomic mass is 9.78. The summed E-state index contributed by atoms with van der Waals surface area (Å²) in [5.41, 5.74) is -0.374. The monoisotopic (exact) mass is 310 g/mol. The van der Waals surface area contributed by atoms with E-state index in [4.69, 9.17) is 14.2 Å². The molecular formula is C16H22O6. The number of fused-ring (bicyclic) bond motifs is 2. The van der Waals surface area contributed by atoms with Gasteiger partial charge in [0.15, 0.2) is 0 Å². The lowest BCUT2D eigenvalue weighted by Gasteiger charge is -2.32. The maximum absolute atomic E-state index is 12.3. The van der Waals surface area contributed by atoms with Crippen LogP contribution in [0.3, 0.4) is 0 Å². The molecular weight excluding hydrogens is 288 g/mol. The zero-order chi connectivity index (χ0) is 16.7. The van der Waals surface area contributed by atoms with Gasteiger partial charge in [-0.1, -0.05) is 6.58 Å². The summed E-state index contributed by atoms with van der Waals surface area (Å²) in [6.45, 7) is 10.4. The van der Waals surface area contributed by atoms with Gasteiger partial charge in [-0.15, -0.1) is 0 Å². The molecule has 0 aromatic carbocycles. The molecule has 2 fully saturated rings. The van der Waals surface area contributed by atoms with Gasteiger partial charge in [0.2, 0.25) is 0 Å². The first-order valence-electron chi connectivity index (χ1n) is 7.38. The Morgan fingerprint density at radius 3 is 2.45 bits per heavy atom. The lowest BCUT2D eigenvalue weighted by Crippen LogP contribution is -2.42. The van der Waals surface area contributed by atoms with Crippen molar-refractivity contribution in [2.75, 3.05) is 0 Å². The Balaban J connectivity index is 2.13. The number of carbonyl (C=O) groups excluding carboxylic acids is 3. The maximum atomic E-state index is 12.3. The average Bonchev–Trinajstić information content (AvgIpc) is 2.68. The van der Waals surface area contributed by atoms with Gasteiger partial charge in [-0.3, -0.25) is 9.59 Å². The predicted octanol–water partition coefficient (Wildman–Crippen LogP) is 1.77. The Morgan fingerprint density at radius 1 is 1.27 bits per heavy atom. The molecule has 2 bridgehead atoms. The highest BCUT2D eigenvalue weighted by molar-refractivity contribution is 5.88. The molecule has 1 saturated heterocycles. The van der Waals surface area contributed by atoms with Crippen molar-refractivity contribution in [3.63, 3.8) is 0 Å². The number of ether oxygens (including phenoxy) is 3. The van der Waals surface area contributed by atoms with Crippen molar-refractivity contribution in [3.05, 3.63) is 12.2 Å². The summed E-state index contributed by atoms with van der Waals surface area (Å²) < 4.78 is 15.9.